The van der Waals surface area contributed by atoms with Gasteiger partial charge in [0.05, 0.1) is 0 Å². The highest BCUT2D eigenvalue weighted by molar-refractivity contribution is 5.69. The van der Waals surface area contributed by atoms with Gasteiger partial charge in [0.25, 0.3) is 5.56 Å². The molecule has 8 nitrogen and oxygen atoms in total. The van der Waals surface area contributed by atoms with Crippen molar-refractivity contribution in [3.8, 4) is 0 Å². The predicted molar refractivity (Wildman–Crippen MR) is 84.5 cm³/mol. The minimum Gasteiger partial charge on any atom is -0.396 e. The molecule has 2 N–H and O–H groups in total. The van der Waals surface area contributed by atoms with Gasteiger partial charge in [-0.3, -0.25) is 18.9 Å². The molecule has 0 bridgehead atoms. The zero-order valence-electron chi connectivity index (χ0n) is 13.2. The lowest BCUT2D eigenvalue weighted by Crippen LogP contribution is -2.31. The Balaban J connectivity index is 2.22. The first-order chi connectivity index (χ1) is 11.2. The van der Waals surface area contributed by atoms with Crippen LogP contribution in [0.4, 0.5) is 0 Å². The quantitative estimate of drug-likeness (QED) is 0.808. The van der Waals surface area contributed by atoms with Crippen LogP contribution in [-0.4, -0.2) is 37.4 Å². The van der Waals surface area contributed by atoms with E-state index in [4.69, 9.17) is 9.84 Å². The van der Waals surface area contributed by atoms with Crippen LogP contribution >= 0.6 is 0 Å². The molecule has 0 radical (unpaired) electrons. The number of aromatic amines is 1. The maximum Gasteiger partial charge on any atom is 0.327 e. The van der Waals surface area contributed by atoms with Crippen LogP contribution in [0.5, 0.6) is 0 Å². The number of aromatic nitrogens is 4. The minimum absolute atomic E-state index is 0.0206. The first kappa shape index (κ1) is 15.9. The number of aliphatic hydroxyl groups is 1. The highest BCUT2D eigenvalue weighted by Gasteiger charge is 2.25. The normalized spacial score (nSPS) is 18.1. The number of aryl methyl sites for hydroxylation is 2. The van der Waals surface area contributed by atoms with E-state index < -0.39 is 0 Å². The van der Waals surface area contributed by atoms with Crippen LogP contribution < -0.4 is 11.2 Å². The maximum absolute atomic E-state index is 13.0. The topological polar surface area (TPSA) is 102 Å². The van der Waals surface area contributed by atoms with Crippen LogP contribution in [0, 0.1) is 0 Å². The molecule has 0 aliphatic carbocycles. The monoisotopic (exact) mass is 322 g/mol. The number of aliphatic hydroxyl groups excluding tert-OH is 1. The van der Waals surface area contributed by atoms with Gasteiger partial charge in [-0.15, -0.1) is 0 Å². The van der Waals surface area contributed by atoms with E-state index in [-0.39, 0.29) is 24.1 Å². The second-order valence-electron chi connectivity index (χ2n) is 5.78. The largest absolute Gasteiger partial charge is 0.396 e. The SMILES string of the molecule is CCCn1c(=O)[nH]c2nc(CCCO)n(C3CCCO3)c(=O)c21. The average molecular weight is 322 g/mol. The molecule has 0 aromatic carbocycles. The summed E-state index contributed by atoms with van der Waals surface area (Å²) in [7, 11) is 0. The van der Waals surface area contributed by atoms with E-state index in [0.717, 1.165) is 19.3 Å². The third-order valence-electron chi connectivity index (χ3n) is 4.10. The number of ether oxygens (including phenoxy) is 1. The number of H-pyrrole nitrogens is 1. The predicted octanol–water partition coefficient (Wildman–Crippen LogP) is 0.530. The second kappa shape index (κ2) is 6.67. The number of nitrogens with zero attached hydrogens (tertiary/aromatic N) is 3. The zero-order chi connectivity index (χ0) is 16.4. The lowest BCUT2D eigenvalue weighted by atomic mass is 10.2. The first-order valence-electron chi connectivity index (χ1n) is 8.13. The van der Waals surface area contributed by atoms with Crippen LogP contribution in [-0.2, 0) is 17.7 Å². The molecule has 1 aliphatic heterocycles. The Morgan fingerprint density at radius 2 is 2.26 bits per heavy atom. The number of hydrogen-bond donors (Lipinski definition) is 2. The standard InChI is InChI=1S/C15H22N4O4/c1-2-7-18-12-13(17-15(18)22)16-10(5-3-8-20)19(14(12)21)11-6-4-9-23-11/h11,20H,2-9H2,1H3,(H,17,22). The van der Waals surface area contributed by atoms with Gasteiger partial charge in [-0.05, 0) is 25.7 Å². The molecule has 8 heteroatoms. The lowest BCUT2D eigenvalue weighted by Gasteiger charge is -2.18. The van der Waals surface area contributed by atoms with E-state index in [1.807, 2.05) is 6.92 Å². The molecule has 1 fully saturated rings. The molecule has 3 rings (SSSR count). The van der Waals surface area contributed by atoms with Crippen molar-refractivity contribution >= 4 is 11.2 Å². The van der Waals surface area contributed by atoms with Gasteiger partial charge in [-0.1, -0.05) is 6.92 Å². The molecule has 1 atom stereocenters. The number of hydrogen-bond acceptors (Lipinski definition) is 5. The van der Waals surface area contributed by atoms with Gasteiger partial charge in [-0.2, -0.15) is 0 Å². The molecule has 0 spiro atoms. The van der Waals surface area contributed by atoms with E-state index in [2.05, 4.69) is 9.97 Å². The zero-order valence-corrected chi connectivity index (χ0v) is 13.2. The van der Waals surface area contributed by atoms with E-state index in [1.54, 1.807) is 4.57 Å². The van der Waals surface area contributed by atoms with Gasteiger partial charge in [0.1, 0.15) is 12.1 Å². The Labute approximate surface area is 132 Å². The Morgan fingerprint density at radius 1 is 1.43 bits per heavy atom. The average Bonchev–Trinajstić information content (AvgIpc) is 3.14. The van der Waals surface area contributed by atoms with Gasteiger partial charge in [0.15, 0.2) is 11.2 Å². The van der Waals surface area contributed by atoms with Gasteiger partial charge in [0, 0.05) is 26.2 Å². The Bertz CT molecular complexity index is 798. The van der Waals surface area contributed by atoms with Crippen molar-refractivity contribution in [2.75, 3.05) is 13.2 Å². The smallest absolute Gasteiger partial charge is 0.327 e. The summed E-state index contributed by atoms with van der Waals surface area (Å²) in [5.74, 6) is 0.549. The fourth-order valence-electron chi connectivity index (χ4n) is 3.08. The highest BCUT2D eigenvalue weighted by Crippen LogP contribution is 2.23. The molecule has 126 valence electrons. The van der Waals surface area contributed by atoms with E-state index in [9.17, 15) is 9.59 Å². The lowest BCUT2D eigenvalue weighted by molar-refractivity contribution is 0.0506. The molecule has 1 saturated heterocycles. The summed E-state index contributed by atoms with van der Waals surface area (Å²) in [4.78, 5) is 32.2. The van der Waals surface area contributed by atoms with Gasteiger partial charge >= 0.3 is 5.69 Å². The van der Waals surface area contributed by atoms with E-state index in [1.165, 1.54) is 4.57 Å². The van der Waals surface area contributed by atoms with Gasteiger partial charge < -0.3 is 9.84 Å². The summed E-state index contributed by atoms with van der Waals surface area (Å²) in [6.07, 6.45) is 3.02. The fraction of sp³-hybridized carbons (Fsp3) is 0.667. The maximum atomic E-state index is 13.0. The Kier molecular flexibility index (Phi) is 4.63. The molecule has 3 heterocycles. The minimum atomic E-state index is -0.340. The summed E-state index contributed by atoms with van der Waals surface area (Å²) in [5.41, 5.74) is 0.0574. The number of imidazole rings is 1. The number of nitrogens with one attached hydrogen (secondary N) is 1. The molecule has 23 heavy (non-hydrogen) atoms. The van der Waals surface area contributed by atoms with Crippen molar-refractivity contribution in [2.24, 2.45) is 0 Å². The van der Waals surface area contributed by atoms with Crippen molar-refractivity contribution in [1.29, 1.82) is 0 Å². The van der Waals surface area contributed by atoms with Crippen LogP contribution in [0.15, 0.2) is 9.59 Å². The van der Waals surface area contributed by atoms with Crippen LogP contribution in [0.2, 0.25) is 0 Å². The van der Waals surface area contributed by atoms with Gasteiger partial charge in [0.2, 0.25) is 0 Å². The van der Waals surface area contributed by atoms with Crippen molar-refractivity contribution in [1.82, 2.24) is 19.1 Å². The molecule has 1 aliphatic rings. The van der Waals surface area contributed by atoms with Crippen LogP contribution in [0.25, 0.3) is 11.2 Å². The third-order valence-corrected chi connectivity index (χ3v) is 4.10. The fourth-order valence-corrected chi connectivity index (χ4v) is 3.08. The molecule has 0 saturated carbocycles. The molecule has 1 unspecified atom stereocenters. The molecule has 2 aromatic heterocycles. The van der Waals surface area contributed by atoms with Crippen molar-refractivity contribution in [3.05, 3.63) is 26.7 Å². The Hall–Kier alpha value is -1.93. The molecule has 0 amide bonds. The molecular weight excluding hydrogens is 300 g/mol. The highest BCUT2D eigenvalue weighted by atomic mass is 16.5. The number of fused-ring (bicyclic) bond motifs is 1. The number of rotatable bonds is 6. The molecule has 2 aromatic rings. The summed E-state index contributed by atoms with van der Waals surface area (Å²) in [6.45, 7) is 3.06. The summed E-state index contributed by atoms with van der Waals surface area (Å²) >= 11 is 0. The van der Waals surface area contributed by atoms with Crippen molar-refractivity contribution < 1.29 is 9.84 Å². The van der Waals surface area contributed by atoms with Gasteiger partial charge in [-0.25, -0.2) is 9.78 Å². The second-order valence-corrected chi connectivity index (χ2v) is 5.78. The first-order valence-corrected chi connectivity index (χ1v) is 8.13. The van der Waals surface area contributed by atoms with Crippen LogP contribution in [0.1, 0.15) is 44.7 Å². The van der Waals surface area contributed by atoms with E-state index in [0.29, 0.717) is 43.0 Å². The summed E-state index contributed by atoms with van der Waals surface area (Å²) < 4.78 is 8.67. The van der Waals surface area contributed by atoms with Crippen LogP contribution in [0.3, 0.4) is 0 Å². The van der Waals surface area contributed by atoms with E-state index >= 15 is 0 Å². The third kappa shape index (κ3) is 2.84. The van der Waals surface area contributed by atoms with Crippen molar-refractivity contribution in [3.63, 3.8) is 0 Å². The molecular formula is C15H22N4O4. The Morgan fingerprint density at radius 3 is 2.91 bits per heavy atom. The summed E-state index contributed by atoms with van der Waals surface area (Å²) in [5, 5.41) is 9.08. The summed E-state index contributed by atoms with van der Waals surface area (Å²) in [6, 6.07) is 0. The van der Waals surface area contributed by atoms with Crippen molar-refractivity contribution in [2.45, 2.75) is 51.8 Å².